The number of hydrogen-bond acceptors (Lipinski definition) is 6. The Kier molecular flexibility index (Phi) is 6.51. The lowest BCUT2D eigenvalue weighted by Gasteiger charge is -2.22. The second-order valence-corrected chi connectivity index (χ2v) is 10.1. The van der Waals surface area contributed by atoms with Gasteiger partial charge < -0.3 is 15.4 Å². The van der Waals surface area contributed by atoms with Crippen LogP contribution >= 0.6 is 11.3 Å². The quantitative estimate of drug-likeness (QED) is 0.270. The molecule has 0 radical (unpaired) electrons. The van der Waals surface area contributed by atoms with E-state index in [1.54, 1.807) is 29.7 Å². The molecule has 1 aliphatic rings. The standard InChI is InChI=1S/C29H25FN4O2S/c30-24-14-20(29(35)32-16-18-8-11-36-12-9-18)1-4-22(24)19-2-5-25-23(13-19)26(7-10-31-25)34-21-3-6-28-27(15-21)33-17-37-28/h1-7,10,13-15,17-18H,8-9,11-12,16H2,(H,31,34)(H,32,35). The highest BCUT2D eigenvalue weighted by molar-refractivity contribution is 7.16. The average molecular weight is 513 g/mol. The molecule has 1 fully saturated rings. The number of halogens is 1. The van der Waals surface area contributed by atoms with Gasteiger partial charge in [0.2, 0.25) is 0 Å². The van der Waals surface area contributed by atoms with Crippen LogP contribution in [0.4, 0.5) is 15.8 Å². The van der Waals surface area contributed by atoms with Crippen LogP contribution in [0.25, 0.3) is 32.2 Å². The molecule has 2 aromatic heterocycles. The van der Waals surface area contributed by atoms with Gasteiger partial charge in [-0.05, 0) is 72.9 Å². The molecule has 37 heavy (non-hydrogen) atoms. The Morgan fingerprint density at radius 2 is 1.89 bits per heavy atom. The van der Waals surface area contributed by atoms with Crippen LogP contribution in [0.2, 0.25) is 0 Å². The van der Waals surface area contributed by atoms with Crippen LogP contribution in [-0.2, 0) is 4.74 Å². The summed E-state index contributed by atoms with van der Waals surface area (Å²) in [5.74, 6) is -0.298. The summed E-state index contributed by atoms with van der Waals surface area (Å²) in [6.07, 6.45) is 3.61. The normalized spacial score (nSPS) is 14.2. The summed E-state index contributed by atoms with van der Waals surface area (Å²) in [4.78, 5) is 21.5. The van der Waals surface area contributed by atoms with E-state index in [4.69, 9.17) is 4.74 Å². The van der Waals surface area contributed by atoms with E-state index < -0.39 is 5.82 Å². The molecule has 8 heteroatoms. The fourth-order valence-corrected chi connectivity index (χ4v) is 5.35. The van der Waals surface area contributed by atoms with Gasteiger partial charge in [-0.2, -0.15) is 0 Å². The number of pyridine rings is 1. The summed E-state index contributed by atoms with van der Waals surface area (Å²) in [5, 5.41) is 7.27. The van der Waals surface area contributed by atoms with E-state index in [0.717, 1.165) is 58.5 Å². The fourth-order valence-electron chi connectivity index (χ4n) is 4.69. The maximum atomic E-state index is 15.2. The van der Waals surface area contributed by atoms with E-state index in [1.165, 1.54) is 6.07 Å². The smallest absolute Gasteiger partial charge is 0.251 e. The Balaban J connectivity index is 1.24. The van der Waals surface area contributed by atoms with Crippen LogP contribution < -0.4 is 10.6 Å². The molecule has 6 nitrogen and oxygen atoms in total. The molecular weight excluding hydrogens is 487 g/mol. The number of amides is 1. The zero-order chi connectivity index (χ0) is 25.2. The zero-order valence-electron chi connectivity index (χ0n) is 20.0. The fraction of sp³-hybridized carbons (Fsp3) is 0.207. The van der Waals surface area contributed by atoms with Gasteiger partial charge in [0.1, 0.15) is 5.82 Å². The topological polar surface area (TPSA) is 76.1 Å². The molecule has 3 aromatic carbocycles. The van der Waals surface area contributed by atoms with E-state index in [-0.39, 0.29) is 5.91 Å². The highest BCUT2D eigenvalue weighted by Gasteiger charge is 2.17. The molecule has 3 heterocycles. The van der Waals surface area contributed by atoms with Gasteiger partial charge in [-0.15, -0.1) is 11.3 Å². The highest BCUT2D eigenvalue weighted by atomic mass is 32.1. The first-order chi connectivity index (χ1) is 18.1. The van der Waals surface area contributed by atoms with Gasteiger partial charge in [-0.1, -0.05) is 12.1 Å². The number of aromatic nitrogens is 2. The Labute approximate surface area is 217 Å². The SMILES string of the molecule is O=C(NCC1CCOCC1)c1ccc(-c2ccc3nccc(Nc4ccc5scnc5c4)c3c2)c(F)c1. The van der Waals surface area contributed by atoms with Crippen molar-refractivity contribution >= 4 is 49.7 Å². The van der Waals surface area contributed by atoms with Gasteiger partial charge in [0.25, 0.3) is 5.91 Å². The van der Waals surface area contributed by atoms with Crippen molar-refractivity contribution in [3.8, 4) is 11.1 Å². The highest BCUT2D eigenvalue weighted by Crippen LogP contribution is 2.32. The zero-order valence-corrected chi connectivity index (χ0v) is 20.9. The molecule has 0 saturated carbocycles. The lowest BCUT2D eigenvalue weighted by atomic mass is 9.99. The van der Waals surface area contributed by atoms with E-state index in [0.29, 0.717) is 29.2 Å². The summed E-state index contributed by atoms with van der Waals surface area (Å²) in [5.41, 5.74) is 6.81. The molecule has 186 valence electrons. The van der Waals surface area contributed by atoms with E-state index in [9.17, 15) is 4.79 Å². The number of ether oxygens (including phenoxy) is 1. The maximum Gasteiger partial charge on any atom is 0.251 e. The minimum absolute atomic E-state index is 0.261. The number of fused-ring (bicyclic) bond motifs is 2. The third-order valence-electron chi connectivity index (χ3n) is 6.79. The Morgan fingerprint density at radius 1 is 1.00 bits per heavy atom. The monoisotopic (exact) mass is 512 g/mol. The Hall–Kier alpha value is -3.88. The molecule has 1 amide bonds. The molecule has 1 saturated heterocycles. The van der Waals surface area contributed by atoms with Crippen molar-refractivity contribution in [2.45, 2.75) is 12.8 Å². The molecule has 0 aliphatic carbocycles. The summed E-state index contributed by atoms with van der Waals surface area (Å²) in [7, 11) is 0. The van der Waals surface area contributed by atoms with Crippen molar-refractivity contribution in [1.29, 1.82) is 0 Å². The molecule has 0 spiro atoms. The summed E-state index contributed by atoms with van der Waals surface area (Å²) >= 11 is 1.60. The van der Waals surface area contributed by atoms with Crippen molar-refractivity contribution < 1.29 is 13.9 Å². The number of carbonyl (C=O) groups is 1. The number of thiazole rings is 1. The molecule has 5 aromatic rings. The average Bonchev–Trinajstić information content (AvgIpc) is 3.40. The van der Waals surface area contributed by atoms with Crippen molar-refractivity contribution in [3.63, 3.8) is 0 Å². The molecule has 6 rings (SSSR count). The van der Waals surface area contributed by atoms with Crippen molar-refractivity contribution in [3.05, 3.63) is 83.8 Å². The van der Waals surface area contributed by atoms with Crippen LogP contribution in [0, 0.1) is 11.7 Å². The van der Waals surface area contributed by atoms with Gasteiger partial charge in [0.15, 0.2) is 0 Å². The minimum atomic E-state index is -0.439. The summed E-state index contributed by atoms with van der Waals surface area (Å²) in [6, 6.07) is 18.3. The van der Waals surface area contributed by atoms with Crippen molar-refractivity contribution in [2.24, 2.45) is 5.92 Å². The minimum Gasteiger partial charge on any atom is -0.381 e. The van der Waals surface area contributed by atoms with Gasteiger partial charge >= 0.3 is 0 Å². The van der Waals surface area contributed by atoms with Crippen LogP contribution in [0.15, 0.2) is 72.4 Å². The Morgan fingerprint density at radius 3 is 2.76 bits per heavy atom. The van der Waals surface area contributed by atoms with E-state index >= 15 is 4.39 Å². The predicted molar refractivity (Wildman–Crippen MR) is 146 cm³/mol. The first-order valence-corrected chi connectivity index (χ1v) is 13.2. The molecule has 2 N–H and O–H groups in total. The van der Waals surface area contributed by atoms with Gasteiger partial charge in [0, 0.05) is 53.8 Å². The van der Waals surface area contributed by atoms with Gasteiger partial charge in [0.05, 0.1) is 21.2 Å². The molecule has 0 unspecified atom stereocenters. The Bertz CT molecular complexity index is 1600. The third kappa shape index (κ3) is 5.03. The molecule has 1 aliphatic heterocycles. The number of nitrogens with zero attached hydrogens (tertiary/aromatic N) is 2. The summed E-state index contributed by atoms with van der Waals surface area (Å²) < 4.78 is 21.7. The number of hydrogen-bond donors (Lipinski definition) is 2. The molecular formula is C29H25FN4O2S. The lowest BCUT2D eigenvalue weighted by Crippen LogP contribution is -2.32. The molecule has 0 bridgehead atoms. The number of anilines is 2. The van der Waals surface area contributed by atoms with E-state index in [2.05, 4.69) is 20.6 Å². The van der Waals surface area contributed by atoms with Crippen molar-refractivity contribution in [2.75, 3.05) is 25.1 Å². The maximum absolute atomic E-state index is 15.2. The van der Waals surface area contributed by atoms with Crippen LogP contribution in [-0.4, -0.2) is 35.6 Å². The second kappa shape index (κ2) is 10.2. The van der Waals surface area contributed by atoms with Crippen LogP contribution in [0.1, 0.15) is 23.2 Å². The van der Waals surface area contributed by atoms with Gasteiger partial charge in [-0.25, -0.2) is 9.37 Å². The summed E-state index contributed by atoms with van der Waals surface area (Å²) in [6.45, 7) is 2.03. The molecule has 0 atom stereocenters. The second-order valence-electron chi connectivity index (χ2n) is 9.21. The number of nitrogens with one attached hydrogen (secondary N) is 2. The van der Waals surface area contributed by atoms with Gasteiger partial charge in [-0.3, -0.25) is 9.78 Å². The lowest BCUT2D eigenvalue weighted by molar-refractivity contribution is 0.0642. The predicted octanol–water partition coefficient (Wildman–Crippen LogP) is 6.55. The van der Waals surface area contributed by atoms with Crippen LogP contribution in [0.5, 0.6) is 0 Å². The van der Waals surface area contributed by atoms with Crippen LogP contribution in [0.3, 0.4) is 0 Å². The largest absolute Gasteiger partial charge is 0.381 e. The van der Waals surface area contributed by atoms with E-state index in [1.807, 2.05) is 48.0 Å². The first kappa shape index (κ1) is 23.5. The third-order valence-corrected chi connectivity index (χ3v) is 7.60. The number of carbonyl (C=O) groups excluding carboxylic acids is 1. The number of benzene rings is 3. The van der Waals surface area contributed by atoms with Crippen molar-refractivity contribution in [1.82, 2.24) is 15.3 Å². The number of rotatable bonds is 6. The first-order valence-electron chi connectivity index (χ1n) is 12.3.